The SMILES string of the molecule is CCCCC1=N[C@H]2c3c(C)cc(C)nc3S[C@@H]2C(=O)N1N(C(C)=O)C(C)=O. The van der Waals surface area contributed by atoms with E-state index in [0.717, 1.165) is 39.7 Å². The van der Waals surface area contributed by atoms with Crippen molar-refractivity contribution >= 4 is 35.3 Å². The second kappa shape index (κ2) is 7.42. The first-order valence-electron chi connectivity index (χ1n) is 9.12. The summed E-state index contributed by atoms with van der Waals surface area (Å²) in [6, 6.07) is 1.67. The van der Waals surface area contributed by atoms with Gasteiger partial charge in [0.15, 0.2) is 0 Å². The van der Waals surface area contributed by atoms with Crippen molar-refractivity contribution in [2.45, 2.75) is 70.2 Å². The average Bonchev–Trinajstić information content (AvgIpc) is 2.93. The van der Waals surface area contributed by atoms with E-state index in [1.807, 2.05) is 26.8 Å². The molecular weight excluding hydrogens is 364 g/mol. The molecule has 0 aliphatic carbocycles. The lowest BCUT2D eigenvalue weighted by Gasteiger charge is -2.38. The fourth-order valence-corrected chi connectivity index (χ4v) is 4.97. The highest BCUT2D eigenvalue weighted by Crippen LogP contribution is 2.49. The van der Waals surface area contributed by atoms with Gasteiger partial charge in [-0.3, -0.25) is 19.4 Å². The molecule has 0 unspecified atom stereocenters. The number of pyridine rings is 1. The standard InChI is InChI=1S/C19H24N4O3S/c1-6-7-8-14-21-16-15-10(2)9-11(3)20-18(15)27-17(16)19(26)23(14)22(12(4)24)13(5)25/h9,16-17H,6-8H2,1-5H3/t16-,17-/m0/s1. The van der Waals surface area contributed by atoms with Gasteiger partial charge in [-0.15, -0.1) is 0 Å². The highest BCUT2D eigenvalue weighted by Gasteiger charge is 2.49. The molecule has 0 fully saturated rings. The average molecular weight is 388 g/mol. The molecular formula is C19H24N4O3S. The number of carbonyl (C=O) groups excluding carboxylic acids is 3. The number of nitrogens with zero attached hydrogens (tertiary/aromatic N) is 4. The molecule has 0 spiro atoms. The van der Waals surface area contributed by atoms with Gasteiger partial charge in [0.2, 0.25) is 11.8 Å². The first-order chi connectivity index (χ1) is 12.8. The largest absolute Gasteiger partial charge is 0.273 e. The van der Waals surface area contributed by atoms with E-state index in [2.05, 4.69) is 4.98 Å². The minimum atomic E-state index is -0.514. The summed E-state index contributed by atoms with van der Waals surface area (Å²) < 4.78 is 0. The molecule has 3 rings (SSSR count). The Hall–Kier alpha value is -2.22. The number of aromatic nitrogens is 1. The predicted octanol–water partition coefficient (Wildman–Crippen LogP) is 2.95. The van der Waals surface area contributed by atoms with Crippen LogP contribution in [0.2, 0.25) is 0 Å². The normalized spacial score (nSPS) is 20.9. The number of hydrogen-bond acceptors (Lipinski definition) is 6. The minimum absolute atomic E-state index is 0.286. The highest BCUT2D eigenvalue weighted by atomic mass is 32.2. The number of carbonyl (C=O) groups is 3. The summed E-state index contributed by atoms with van der Waals surface area (Å²) in [5.41, 5.74) is 2.94. The minimum Gasteiger partial charge on any atom is -0.273 e. The number of imide groups is 1. The Morgan fingerprint density at radius 2 is 1.93 bits per heavy atom. The van der Waals surface area contributed by atoms with Crippen molar-refractivity contribution in [3.8, 4) is 0 Å². The van der Waals surface area contributed by atoms with E-state index in [0.29, 0.717) is 12.3 Å². The molecule has 2 aliphatic heterocycles. The fraction of sp³-hybridized carbons (Fsp3) is 0.526. The Morgan fingerprint density at radius 1 is 1.26 bits per heavy atom. The van der Waals surface area contributed by atoms with Crippen LogP contribution in [0.4, 0.5) is 0 Å². The summed E-state index contributed by atoms with van der Waals surface area (Å²) >= 11 is 1.37. The molecule has 3 heterocycles. The number of amides is 3. The van der Waals surface area contributed by atoms with E-state index < -0.39 is 17.1 Å². The van der Waals surface area contributed by atoms with Crippen molar-refractivity contribution in [3.05, 3.63) is 22.9 Å². The summed E-state index contributed by atoms with van der Waals surface area (Å²) in [4.78, 5) is 47.0. The summed E-state index contributed by atoms with van der Waals surface area (Å²) in [7, 11) is 0. The fourth-order valence-electron chi connectivity index (χ4n) is 3.60. The van der Waals surface area contributed by atoms with Crippen molar-refractivity contribution < 1.29 is 14.4 Å². The lowest BCUT2D eigenvalue weighted by molar-refractivity contribution is -0.164. The van der Waals surface area contributed by atoms with Gasteiger partial charge in [0.05, 0.1) is 0 Å². The van der Waals surface area contributed by atoms with Gasteiger partial charge in [-0.1, -0.05) is 25.1 Å². The van der Waals surface area contributed by atoms with Crippen LogP contribution in [0.5, 0.6) is 0 Å². The van der Waals surface area contributed by atoms with Gasteiger partial charge in [-0.2, -0.15) is 10.0 Å². The number of hydrazine groups is 1. The molecule has 27 heavy (non-hydrogen) atoms. The van der Waals surface area contributed by atoms with Crippen molar-refractivity contribution in [2.75, 3.05) is 0 Å². The molecule has 7 nitrogen and oxygen atoms in total. The monoisotopic (exact) mass is 388 g/mol. The second-order valence-corrected chi connectivity index (χ2v) is 8.06. The zero-order valence-corrected chi connectivity index (χ0v) is 17.1. The van der Waals surface area contributed by atoms with E-state index in [-0.39, 0.29) is 11.9 Å². The van der Waals surface area contributed by atoms with Crippen LogP contribution in [-0.4, -0.2) is 43.8 Å². The van der Waals surface area contributed by atoms with Crippen LogP contribution >= 0.6 is 11.8 Å². The molecule has 1 aromatic rings. The summed E-state index contributed by atoms with van der Waals surface area (Å²) in [6.45, 7) is 8.54. The molecule has 0 N–H and O–H groups in total. The first-order valence-corrected chi connectivity index (χ1v) is 10.0. The maximum absolute atomic E-state index is 13.3. The van der Waals surface area contributed by atoms with E-state index in [1.54, 1.807) is 0 Å². The van der Waals surface area contributed by atoms with Gasteiger partial charge in [-0.25, -0.2) is 4.98 Å². The van der Waals surface area contributed by atoms with Crippen molar-refractivity contribution in [1.29, 1.82) is 0 Å². The molecule has 1 aromatic heterocycles. The molecule has 0 bridgehead atoms. The molecule has 144 valence electrons. The molecule has 3 amide bonds. The summed E-state index contributed by atoms with van der Waals surface area (Å²) in [6.07, 6.45) is 2.26. The van der Waals surface area contributed by atoms with Crippen LogP contribution in [0.15, 0.2) is 16.1 Å². The van der Waals surface area contributed by atoms with Crippen molar-refractivity contribution in [1.82, 2.24) is 15.0 Å². The predicted molar refractivity (Wildman–Crippen MR) is 103 cm³/mol. The van der Waals surface area contributed by atoms with Gasteiger partial charge in [0, 0.05) is 31.5 Å². The number of aliphatic imine (C=N–C) groups is 1. The van der Waals surface area contributed by atoms with Gasteiger partial charge >= 0.3 is 0 Å². The van der Waals surface area contributed by atoms with Crippen LogP contribution in [-0.2, 0) is 14.4 Å². The maximum atomic E-state index is 13.3. The number of hydrogen-bond donors (Lipinski definition) is 0. The van der Waals surface area contributed by atoms with Crippen LogP contribution < -0.4 is 0 Å². The number of unbranched alkanes of at least 4 members (excludes halogenated alkanes) is 1. The van der Waals surface area contributed by atoms with E-state index in [4.69, 9.17) is 4.99 Å². The molecule has 0 radical (unpaired) electrons. The van der Waals surface area contributed by atoms with E-state index in [1.165, 1.54) is 30.6 Å². The van der Waals surface area contributed by atoms with E-state index in [9.17, 15) is 14.4 Å². The van der Waals surface area contributed by atoms with Crippen molar-refractivity contribution in [2.24, 2.45) is 4.99 Å². The lowest BCUT2D eigenvalue weighted by Crippen LogP contribution is -2.58. The third-order valence-electron chi connectivity index (χ3n) is 4.71. The van der Waals surface area contributed by atoms with Gasteiger partial charge in [-0.05, 0) is 31.9 Å². The number of amidine groups is 1. The Balaban J connectivity index is 2.10. The Bertz CT molecular complexity index is 838. The third-order valence-corrected chi connectivity index (χ3v) is 5.96. The Labute approximate surface area is 163 Å². The van der Waals surface area contributed by atoms with Crippen LogP contribution in [0.3, 0.4) is 0 Å². The molecule has 8 heteroatoms. The Kier molecular flexibility index (Phi) is 5.37. The molecule has 0 saturated heterocycles. The third kappa shape index (κ3) is 3.38. The quantitative estimate of drug-likeness (QED) is 0.792. The van der Waals surface area contributed by atoms with Crippen LogP contribution in [0.25, 0.3) is 0 Å². The number of thioether (sulfide) groups is 1. The zero-order chi connectivity index (χ0) is 19.9. The number of fused-ring (bicyclic) bond motifs is 3. The molecule has 2 atom stereocenters. The molecule has 0 aromatic carbocycles. The van der Waals surface area contributed by atoms with Crippen molar-refractivity contribution in [3.63, 3.8) is 0 Å². The molecule has 0 saturated carbocycles. The highest BCUT2D eigenvalue weighted by molar-refractivity contribution is 8.01. The van der Waals surface area contributed by atoms with Gasteiger partial charge in [0.25, 0.3) is 5.91 Å². The first kappa shape index (κ1) is 19.5. The zero-order valence-electron chi connectivity index (χ0n) is 16.3. The van der Waals surface area contributed by atoms with E-state index >= 15 is 0 Å². The maximum Gasteiger partial charge on any atom is 0.263 e. The molecule has 2 aliphatic rings. The van der Waals surface area contributed by atoms with Gasteiger partial charge in [0.1, 0.15) is 22.2 Å². The second-order valence-electron chi connectivity index (χ2n) is 6.93. The summed E-state index contributed by atoms with van der Waals surface area (Å²) in [5, 5.41) is 2.40. The smallest absolute Gasteiger partial charge is 0.263 e. The lowest BCUT2D eigenvalue weighted by atomic mass is 9.98. The van der Waals surface area contributed by atoms with Crippen LogP contribution in [0.1, 0.15) is 62.9 Å². The Morgan fingerprint density at radius 3 is 2.52 bits per heavy atom. The number of aryl methyl sites for hydroxylation is 2. The topological polar surface area (TPSA) is 82.9 Å². The number of rotatable bonds is 4. The van der Waals surface area contributed by atoms with Crippen LogP contribution in [0, 0.1) is 13.8 Å². The van der Waals surface area contributed by atoms with Gasteiger partial charge < -0.3 is 0 Å². The summed E-state index contributed by atoms with van der Waals surface area (Å²) in [5.74, 6) is -0.804.